The molecule has 0 spiro atoms. The van der Waals surface area contributed by atoms with Crippen molar-refractivity contribution in [2.45, 2.75) is 18.7 Å². The van der Waals surface area contributed by atoms with Gasteiger partial charge in [0.15, 0.2) is 0 Å². The second-order valence-electron chi connectivity index (χ2n) is 5.02. The molecule has 100 valence electrons. The molecule has 0 aliphatic rings. The standard InChI is InChI=1S/C18H16ClN/c1-13-6-2-4-8-16(13)17(19)12-15-11-10-14-7-3-5-9-18(14)20-15/h2-11,17H,12H2,1H3. The zero-order valence-electron chi connectivity index (χ0n) is 11.4. The Hall–Kier alpha value is -1.86. The summed E-state index contributed by atoms with van der Waals surface area (Å²) in [5, 5.41) is 1.13. The maximum absolute atomic E-state index is 6.56. The summed E-state index contributed by atoms with van der Waals surface area (Å²) in [7, 11) is 0. The highest BCUT2D eigenvalue weighted by atomic mass is 35.5. The Morgan fingerprint density at radius 1 is 0.950 bits per heavy atom. The molecule has 0 amide bonds. The zero-order valence-corrected chi connectivity index (χ0v) is 12.1. The highest BCUT2D eigenvalue weighted by Gasteiger charge is 2.12. The molecule has 1 unspecified atom stereocenters. The molecule has 0 aliphatic carbocycles. The molecule has 2 aromatic carbocycles. The van der Waals surface area contributed by atoms with Gasteiger partial charge in [-0.05, 0) is 30.2 Å². The van der Waals surface area contributed by atoms with Crippen LogP contribution in [0.1, 0.15) is 22.2 Å². The Labute approximate surface area is 124 Å². The Morgan fingerprint density at radius 2 is 1.70 bits per heavy atom. The summed E-state index contributed by atoms with van der Waals surface area (Å²) in [4.78, 5) is 4.69. The van der Waals surface area contributed by atoms with Gasteiger partial charge in [-0.25, -0.2) is 0 Å². The van der Waals surface area contributed by atoms with Crippen LogP contribution < -0.4 is 0 Å². The summed E-state index contributed by atoms with van der Waals surface area (Å²) < 4.78 is 0. The monoisotopic (exact) mass is 281 g/mol. The number of aryl methyl sites for hydroxylation is 1. The van der Waals surface area contributed by atoms with E-state index in [9.17, 15) is 0 Å². The number of nitrogens with zero attached hydrogens (tertiary/aromatic N) is 1. The lowest BCUT2D eigenvalue weighted by Gasteiger charge is -2.12. The SMILES string of the molecule is Cc1ccccc1C(Cl)Cc1ccc2ccccc2n1. The first-order chi connectivity index (χ1) is 9.74. The Kier molecular flexibility index (Phi) is 3.70. The average Bonchev–Trinajstić information content (AvgIpc) is 2.47. The van der Waals surface area contributed by atoms with Crippen molar-refractivity contribution >= 4 is 22.5 Å². The van der Waals surface area contributed by atoms with E-state index in [4.69, 9.17) is 11.6 Å². The van der Waals surface area contributed by atoms with E-state index >= 15 is 0 Å². The summed E-state index contributed by atoms with van der Waals surface area (Å²) in [5.41, 5.74) is 4.48. The van der Waals surface area contributed by atoms with Gasteiger partial charge in [0.1, 0.15) is 0 Å². The minimum absolute atomic E-state index is 0.0372. The number of aromatic nitrogens is 1. The first kappa shape index (κ1) is 13.1. The van der Waals surface area contributed by atoms with Crippen LogP contribution in [0.4, 0.5) is 0 Å². The van der Waals surface area contributed by atoms with Gasteiger partial charge in [0.05, 0.1) is 10.9 Å². The van der Waals surface area contributed by atoms with Gasteiger partial charge in [0, 0.05) is 17.5 Å². The molecule has 1 nitrogen and oxygen atoms in total. The minimum Gasteiger partial charge on any atom is -0.253 e. The molecular formula is C18H16ClN. The third-order valence-corrected chi connectivity index (χ3v) is 3.96. The topological polar surface area (TPSA) is 12.9 Å². The molecule has 2 heteroatoms. The molecule has 0 radical (unpaired) electrons. The van der Waals surface area contributed by atoms with Crippen LogP contribution in [0.2, 0.25) is 0 Å². The van der Waals surface area contributed by atoms with Crippen molar-refractivity contribution in [3.63, 3.8) is 0 Å². The van der Waals surface area contributed by atoms with Crippen LogP contribution in [0, 0.1) is 6.92 Å². The number of pyridine rings is 1. The summed E-state index contributed by atoms with van der Waals surface area (Å²) in [5.74, 6) is 0. The number of rotatable bonds is 3. The van der Waals surface area contributed by atoms with Gasteiger partial charge >= 0.3 is 0 Å². The maximum Gasteiger partial charge on any atom is 0.0705 e. The summed E-state index contributed by atoms with van der Waals surface area (Å²) in [6.07, 6.45) is 0.747. The molecule has 3 rings (SSSR count). The molecule has 0 N–H and O–H groups in total. The van der Waals surface area contributed by atoms with Crippen LogP contribution >= 0.6 is 11.6 Å². The second-order valence-corrected chi connectivity index (χ2v) is 5.55. The molecule has 0 saturated carbocycles. The highest BCUT2D eigenvalue weighted by molar-refractivity contribution is 6.21. The van der Waals surface area contributed by atoms with Crippen LogP contribution in [0.15, 0.2) is 60.7 Å². The van der Waals surface area contributed by atoms with E-state index in [0.29, 0.717) is 0 Å². The van der Waals surface area contributed by atoms with E-state index in [1.54, 1.807) is 0 Å². The van der Waals surface area contributed by atoms with Crippen molar-refractivity contribution in [2.24, 2.45) is 0 Å². The van der Waals surface area contributed by atoms with Crippen LogP contribution in [-0.2, 0) is 6.42 Å². The lowest BCUT2D eigenvalue weighted by molar-refractivity contribution is 0.880. The van der Waals surface area contributed by atoms with Crippen molar-refractivity contribution in [1.29, 1.82) is 0 Å². The molecule has 0 aliphatic heterocycles. The number of fused-ring (bicyclic) bond motifs is 1. The minimum atomic E-state index is -0.0372. The molecule has 0 saturated heterocycles. The highest BCUT2D eigenvalue weighted by Crippen LogP contribution is 2.27. The van der Waals surface area contributed by atoms with E-state index in [0.717, 1.165) is 17.6 Å². The van der Waals surface area contributed by atoms with Crippen molar-refractivity contribution in [1.82, 2.24) is 4.98 Å². The smallest absolute Gasteiger partial charge is 0.0705 e. The summed E-state index contributed by atoms with van der Waals surface area (Å²) in [6.45, 7) is 2.10. The van der Waals surface area contributed by atoms with Crippen LogP contribution in [-0.4, -0.2) is 4.98 Å². The molecule has 20 heavy (non-hydrogen) atoms. The predicted molar refractivity (Wildman–Crippen MR) is 85.2 cm³/mol. The van der Waals surface area contributed by atoms with Crippen molar-refractivity contribution in [3.05, 3.63) is 77.5 Å². The van der Waals surface area contributed by atoms with Crippen LogP contribution in [0.5, 0.6) is 0 Å². The lowest BCUT2D eigenvalue weighted by Crippen LogP contribution is -2.00. The number of para-hydroxylation sites is 1. The van der Waals surface area contributed by atoms with E-state index in [2.05, 4.69) is 42.2 Å². The molecule has 3 aromatic rings. The molecule has 1 atom stereocenters. The van der Waals surface area contributed by atoms with Gasteiger partial charge < -0.3 is 0 Å². The maximum atomic E-state index is 6.56. The Balaban J connectivity index is 1.87. The van der Waals surface area contributed by atoms with Crippen molar-refractivity contribution < 1.29 is 0 Å². The van der Waals surface area contributed by atoms with Gasteiger partial charge in [-0.1, -0.05) is 48.5 Å². The summed E-state index contributed by atoms with van der Waals surface area (Å²) in [6, 6.07) is 20.6. The van der Waals surface area contributed by atoms with Gasteiger partial charge in [0.25, 0.3) is 0 Å². The first-order valence-electron chi connectivity index (χ1n) is 6.78. The predicted octanol–water partition coefficient (Wildman–Crippen LogP) is 5.07. The molecule has 1 aromatic heterocycles. The number of hydrogen-bond acceptors (Lipinski definition) is 1. The molecule has 1 heterocycles. The normalized spacial score (nSPS) is 12.5. The molecule has 0 fully saturated rings. The Morgan fingerprint density at radius 3 is 2.55 bits per heavy atom. The number of halogens is 1. The fraction of sp³-hybridized carbons (Fsp3) is 0.167. The van der Waals surface area contributed by atoms with E-state index in [-0.39, 0.29) is 5.38 Å². The Bertz CT molecular complexity index is 736. The second kappa shape index (κ2) is 5.64. The van der Waals surface area contributed by atoms with Gasteiger partial charge in [-0.3, -0.25) is 4.98 Å². The van der Waals surface area contributed by atoms with Gasteiger partial charge in [0.2, 0.25) is 0 Å². The average molecular weight is 282 g/mol. The van der Waals surface area contributed by atoms with Gasteiger partial charge in [-0.2, -0.15) is 0 Å². The van der Waals surface area contributed by atoms with E-state index < -0.39 is 0 Å². The fourth-order valence-corrected chi connectivity index (χ4v) is 2.86. The van der Waals surface area contributed by atoms with Crippen LogP contribution in [0.3, 0.4) is 0 Å². The third-order valence-electron chi connectivity index (χ3n) is 3.57. The largest absolute Gasteiger partial charge is 0.253 e. The van der Waals surface area contributed by atoms with Crippen LogP contribution in [0.25, 0.3) is 10.9 Å². The van der Waals surface area contributed by atoms with Crippen molar-refractivity contribution in [3.8, 4) is 0 Å². The zero-order chi connectivity index (χ0) is 13.9. The lowest BCUT2D eigenvalue weighted by atomic mass is 10.0. The first-order valence-corrected chi connectivity index (χ1v) is 7.22. The van der Waals surface area contributed by atoms with Gasteiger partial charge in [-0.15, -0.1) is 11.6 Å². The van der Waals surface area contributed by atoms with E-state index in [1.807, 2.05) is 30.3 Å². The molecule has 0 bridgehead atoms. The number of hydrogen-bond donors (Lipinski definition) is 0. The number of alkyl halides is 1. The number of benzene rings is 2. The fourth-order valence-electron chi connectivity index (χ4n) is 2.45. The van der Waals surface area contributed by atoms with E-state index in [1.165, 1.54) is 16.5 Å². The quantitative estimate of drug-likeness (QED) is 0.611. The molecular weight excluding hydrogens is 266 g/mol. The third kappa shape index (κ3) is 2.68. The van der Waals surface area contributed by atoms with Crippen molar-refractivity contribution in [2.75, 3.05) is 0 Å². The summed E-state index contributed by atoms with van der Waals surface area (Å²) >= 11 is 6.56.